The molecular weight excluding hydrogens is 420 g/mol. The fourth-order valence-corrected chi connectivity index (χ4v) is 4.69. The van der Waals surface area contributed by atoms with E-state index in [2.05, 4.69) is 36.6 Å². The van der Waals surface area contributed by atoms with Crippen LogP contribution in [-0.4, -0.2) is 8.42 Å². The maximum Gasteiger partial charge on any atom is 0.263 e. The van der Waals surface area contributed by atoms with Gasteiger partial charge in [-0.05, 0) is 59.1 Å². The first kappa shape index (κ1) is 16.3. The highest BCUT2D eigenvalue weighted by molar-refractivity contribution is 9.11. The summed E-state index contributed by atoms with van der Waals surface area (Å²) in [5.41, 5.74) is 8.35. The first-order chi connectivity index (χ1) is 9.72. The van der Waals surface area contributed by atoms with Crippen LogP contribution in [0.5, 0.6) is 0 Å². The van der Waals surface area contributed by atoms with Crippen LogP contribution in [0, 0.1) is 13.8 Å². The third kappa shape index (κ3) is 3.41. The van der Waals surface area contributed by atoms with Crippen molar-refractivity contribution >= 4 is 53.3 Å². The van der Waals surface area contributed by atoms with Crippen LogP contribution in [0.4, 0.5) is 11.4 Å². The summed E-state index contributed by atoms with van der Waals surface area (Å²) in [6.45, 7) is 3.69. The van der Waals surface area contributed by atoms with Crippen LogP contribution in [0.2, 0.25) is 0 Å². The predicted molar refractivity (Wildman–Crippen MR) is 93.0 cm³/mol. The number of nitrogen functional groups attached to an aromatic ring is 1. The van der Waals surface area contributed by atoms with Crippen molar-refractivity contribution < 1.29 is 8.42 Å². The van der Waals surface area contributed by atoms with E-state index < -0.39 is 10.0 Å². The summed E-state index contributed by atoms with van der Waals surface area (Å²) in [5.74, 6) is 0. The second-order valence-corrected chi connectivity index (χ2v) is 8.04. The zero-order valence-corrected chi connectivity index (χ0v) is 15.4. The van der Waals surface area contributed by atoms with E-state index in [1.165, 1.54) is 0 Å². The molecule has 0 bridgehead atoms. The summed E-state index contributed by atoms with van der Waals surface area (Å²) in [6.07, 6.45) is 0. The number of rotatable bonds is 3. The number of aryl methyl sites for hydroxylation is 2. The lowest BCUT2D eigenvalue weighted by Gasteiger charge is -2.14. The summed E-state index contributed by atoms with van der Waals surface area (Å²) in [4.78, 5) is 0.155. The Morgan fingerprint density at radius 1 is 1.05 bits per heavy atom. The van der Waals surface area contributed by atoms with Gasteiger partial charge in [0.25, 0.3) is 10.0 Å². The van der Waals surface area contributed by atoms with Gasteiger partial charge in [0.2, 0.25) is 0 Å². The molecule has 4 nitrogen and oxygen atoms in total. The number of anilines is 2. The van der Waals surface area contributed by atoms with Gasteiger partial charge in [0, 0.05) is 8.95 Å². The van der Waals surface area contributed by atoms with Crippen molar-refractivity contribution in [2.75, 3.05) is 10.5 Å². The van der Waals surface area contributed by atoms with Crippen LogP contribution < -0.4 is 10.5 Å². The molecule has 0 heterocycles. The Bertz CT molecular complexity index is 785. The molecule has 0 amide bonds. The summed E-state index contributed by atoms with van der Waals surface area (Å²) in [5, 5.41) is 0. The molecule has 0 fully saturated rings. The van der Waals surface area contributed by atoms with Crippen molar-refractivity contribution in [1.82, 2.24) is 0 Å². The Balaban J connectivity index is 2.51. The zero-order chi connectivity index (χ0) is 15.8. The van der Waals surface area contributed by atoms with Gasteiger partial charge >= 0.3 is 0 Å². The van der Waals surface area contributed by atoms with E-state index in [4.69, 9.17) is 5.73 Å². The van der Waals surface area contributed by atoms with Crippen LogP contribution in [0.3, 0.4) is 0 Å². The van der Waals surface area contributed by atoms with Gasteiger partial charge in [-0.15, -0.1) is 0 Å². The Hall–Kier alpha value is -1.05. The Labute approximate surface area is 141 Å². The van der Waals surface area contributed by atoms with E-state index in [-0.39, 0.29) is 4.90 Å². The molecule has 112 valence electrons. The van der Waals surface area contributed by atoms with Gasteiger partial charge in [0.15, 0.2) is 0 Å². The van der Waals surface area contributed by atoms with Crippen LogP contribution in [0.25, 0.3) is 0 Å². The molecule has 0 unspecified atom stereocenters. The summed E-state index contributed by atoms with van der Waals surface area (Å²) in [6, 6.07) is 8.55. The molecule has 0 spiro atoms. The van der Waals surface area contributed by atoms with Crippen molar-refractivity contribution in [2.45, 2.75) is 18.7 Å². The lowest BCUT2D eigenvalue weighted by molar-refractivity contribution is 0.600. The number of para-hydroxylation sites is 1. The minimum atomic E-state index is -3.74. The van der Waals surface area contributed by atoms with E-state index in [0.29, 0.717) is 15.8 Å². The van der Waals surface area contributed by atoms with Crippen LogP contribution in [0.15, 0.2) is 44.2 Å². The molecule has 2 rings (SSSR count). The number of nitrogens with one attached hydrogen (secondary N) is 1. The number of nitrogens with two attached hydrogens (primary N) is 1. The third-order valence-corrected chi connectivity index (χ3v) is 6.21. The molecule has 2 aromatic rings. The fraction of sp³-hybridized carbons (Fsp3) is 0.143. The van der Waals surface area contributed by atoms with Crippen LogP contribution in [0.1, 0.15) is 11.1 Å². The van der Waals surface area contributed by atoms with E-state index in [0.717, 1.165) is 15.6 Å². The smallest absolute Gasteiger partial charge is 0.263 e. The maximum absolute atomic E-state index is 12.6. The second-order valence-electron chi connectivity index (χ2n) is 4.68. The Morgan fingerprint density at radius 3 is 2.33 bits per heavy atom. The molecule has 0 saturated carbocycles. The molecule has 0 radical (unpaired) electrons. The molecule has 0 aromatic heterocycles. The molecule has 3 N–H and O–H groups in total. The third-order valence-electron chi connectivity index (χ3n) is 3.04. The Morgan fingerprint density at radius 2 is 1.71 bits per heavy atom. The highest BCUT2D eigenvalue weighted by atomic mass is 79.9. The predicted octanol–water partition coefficient (Wildman–Crippen LogP) is 4.21. The zero-order valence-electron chi connectivity index (χ0n) is 11.4. The second kappa shape index (κ2) is 5.98. The SMILES string of the molecule is Cc1cc(Br)c(S(=O)(=O)Nc2c(C)cccc2N)cc1Br. The number of hydrogen-bond donors (Lipinski definition) is 2. The minimum Gasteiger partial charge on any atom is -0.397 e. The lowest BCUT2D eigenvalue weighted by Crippen LogP contribution is -2.15. The van der Waals surface area contributed by atoms with E-state index in [1.54, 1.807) is 37.3 Å². The van der Waals surface area contributed by atoms with Gasteiger partial charge in [0.05, 0.1) is 11.4 Å². The maximum atomic E-state index is 12.6. The topological polar surface area (TPSA) is 72.2 Å². The standard InChI is InChI=1S/C14H14Br2N2O2S/c1-8-4-3-5-12(17)14(8)18-21(19,20)13-7-10(15)9(2)6-11(13)16/h3-7,18H,17H2,1-2H3. The normalized spacial score (nSPS) is 11.4. The molecular formula is C14H14Br2N2O2S. The molecule has 0 saturated heterocycles. The van der Waals surface area contributed by atoms with E-state index in [9.17, 15) is 8.42 Å². The molecule has 0 aliphatic rings. The molecule has 0 atom stereocenters. The van der Waals surface area contributed by atoms with Crippen molar-refractivity contribution in [3.8, 4) is 0 Å². The van der Waals surface area contributed by atoms with Gasteiger partial charge in [0.1, 0.15) is 4.90 Å². The average Bonchev–Trinajstić information content (AvgIpc) is 2.38. The van der Waals surface area contributed by atoms with Crippen molar-refractivity contribution in [3.63, 3.8) is 0 Å². The van der Waals surface area contributed by atoms with Crippen molar-refractivity contribution in [1.29, 1.82) is 0 Å². The molecule has 0 aliphatic carbocycles. The van der Waals surface area contributed by atoms with Gasteiger partial charge in [-0.1, -0.05) is 28.1 Å². The van der Waals surface area contributed by atoms with Crippen molar-refractivity contribution in [3.05, 3.63) is 50.4 Å². The molecule has 0 aliphatic heterocycles. The van der Waals surface area contributed by atoms with Gasteiger partial charge < -0.3 is 5.73 Å². The van der Waals surface area contributed by atoms with Gasteiger partial charge in [-0.3, -0.25) is 4.72 Å². The number of sulfonamides is 1. The summed E-state index contributed by atoms with van der Waals surface area (Å²) in [7, 11) is -3.74. The average molecular weight is 434 g/mol. The van der Waals surface area contributed by atoms with Gasteiger partial charge in [-0.25, -0.2) is 8.42 Å². The first-order valence-electron chi connectivity index (χ1n) is 6.06. The lowest BCUT2D eigenvalue weighted by atomic mass is 10.2. The van der Waals surface area contributed by atoms with E-state index >= 15 is 0 Å². The van der Waals surface area contributed by atoms with E-state index in [1.807, 2.05) is 6.92 Å². The van der Waals surface area contributed by atoms with Crippen LogP contribution >= 0.6 is 31.9 Å². The Kier molecular flexibility index (Phi) is 4.65. The van der Waals surface area contributed by atoms with Crippen molar-refractivity contribution in [2.24, 2.45) is 0 Å². The minimum absolute atomic E-state index is 0.155. The monoisotopic (exact) mass is 432 g/mol. The highest BCUT2D eigenvalue weighted by Crippen LogP contribution is 2.32. The molecule has 2 aromatic carbocycles. The molecule has 21 heavy (non-hydrogen) atoms. The fourth-order valence-electron chi connectivity index (χ4n) is 1.85. The summed E-state index contributed by atoms with van der Waals surface area (Å²) < 4.78 is 28.9. The molecule has 7 heteroatoms. The summed E-state index contributed by atoms with van der Waals surface area (Å²) >= 11 is 6.65. The number of hydrogen-bond acceptors (Lipinski definition) is 3. The van der Waals surface area contributed by atoms with Gasteiger partial charge in [-0.2, -0.15) is 0 Å². The first-order valence-corrected chi connectivity index (χ1v) is 9.13. The number of benzene rings is 2. The van der Waals surface area contributed by atoms with Crippen LogP contribution in [-0.2, 0) is 10.0 Å². The highest BCUT2D eigenvalue weighted by Gasteiger charge is 2.21. The number of halogens is 2. The largest absolute Gasteiger partial charge is 0.397 e. The quantitative estimate of drug-likeness (QED) is 0.712.